The van der Waals surface area contributed by atoms with Crippen molar-refractivity contribution in [1.29, 1.82) is 0 Å². The van der Waals surface area contributed by atoms with E-state index in [0.29, 0.717) is 0 Å². The fourth-order valence-corrected chi connectivity index (χ4v) is 3.14. The van der Waals surface area contributed by atoms with Crippen LogP contribution in [0.4, 0.5) is 5.69 Å². The number of ether oxygens (including phenoxy) is 2. The first-order chi connectivity index (χ1) is 11.9. The first-order valence-electron chi connectivity index (χ1n) is 8.28. The molecule has 4 nitrogen and oxygen atoms in total. The highest BCUT2D eigenvalue weighted by Crippen LogP contribution is 2.27. The summed E-state index contributed by atoms with van der Waals surface area (Å²) in [6.07, 6.45) is 0.126. The molecule has 5 heteroatoms. The molecule has 2 aromatic carbocycles. The molecule has 0 saturated carbocycles. The van der Waals surface area contributed by atoms with Crippen LogP contribution in [0.3, 0.4) is 0 Å². The average molecular weight is 359 g/mol. The van der Waals surface area contributed by atoms with Crippen LogP contribution in [-0.2, 0) is 4.79 Å². The van der Waals surface area contributed by atoms with Gasteiger partial charge >= 0.3 is 0 Å². The Kier molecular flexibility index (Phi) is 6.76. The number of rotatable bonds is 7. The molecule has 0 spiro atoms. The summed E-state index contributed by atoms with van der Waals surface area (Å²) in [6.45, 7) is 7.84. The summed E-state index contributed by atoms with van der Waals surface area (Å²) >= 11 is 1.52. The quantitative estimate of drug-likeness (QED) is 0.714. The van der Waals surface area contributed by atoms with Crippen LogP contribution in [0.1, 0.15) is 26.3 Å². The summed E-state index contributed by atoms with van der Waals surface area (Å²) in [7, 11) is 1.64. The lowest BCUT2D eigenvalue weighted by Crippen LogP contribution is -2.22. The van der Waals surface area contributed by atoms with Crippen molar-refractivity contribution in [3.63, 3.8) is 0 Å². The number of hydrogen-bond acceptors (Lipinski definition) is 4. The third-order valence-corrected chi connectivity index (χ3v) is 4.68. The lowest BCUT2D eigenvalue weighted by atomic mass is 10.2. The first-order valence-corrected chi connectivity index (χ1v) is 9.16. The molecule has 0 fully saturated rings. The predicted molar refractivity (Wildman–Crippen MR) is 104 cm³/mol. The molecule has 0 aliphatic carbocycles. The molecule has 0 radical (unpaired) electrons. The van der Waals surface area contributed by atoms with Crippen LogP contribution in [0.25, 0.3) is 0 Å². The van der Waals surface area contributed by atoms with E-state index in [1.54, 1.807) is 7.11 Å². The Hall–Kier alpha value is -2.14. The minimum absolute atomic E-state index is 0.0264. The number of thioether (sulfide) groups is 1. The van der Waals surface area contributed by atoms with E-state index in [9.17, 15) is 4.79 Å². The summed E-state index contributed by atoms with van der Waals surface area (Å²) in [4.78, 5) is 13.5. The monoisotopic (exact) mass is 359 g/mol. The fourth-order valence-electron chi connectivity index (χ4n) is 2.27. The van der Waals surface area contributed by atoms with Gasteiger partial charge in [-0.05, 0) is 75.7 Å². The highest BCUT2D eigenvalue weighted by Gasteiger charge is 2.16. The number of anilines is 1. The van der Waals surface area contributed by atoms with Gasteiger partial charge in [-0.3, -0.25) is 4.79 Å². The van der Waals surface area contributed by atoms with Crippen LogP contribution in [0, 0.1) is 6.92 Å². The summed E-state index contributed by atoms with van der Waals surface area (Å²) in [5, 5.41) is 2.78. The summed E-state index contributed by atoms with van der Waals surface area (Å²) < 4.78 is 10.8. The largest absolute Gasteiger partial charge is 0.497 e. The van der Waals surface area contributed by atoms with Gasteiger partial charge in [0.25, 0.3) is 0 Å². The Labute approximate surface area is 153 Å². The second-order valence-corrected chi connectivity index (χ2v) is 7.48. The van der Waals surface area contributed by atoms with Crippen molar-refractivity contribution in [3.8, 4) is 11.5 Å². The van der Waals surface area contributed by atoms with E-state index in [0.717, 1.165) is 27.6 Å². The number of benzene rings is 2. The third-order valence-electron chi connectivity index (χ3n) is 3.57. The predicted octanol–water partition coefficient (Wildman–Crippen LogP) is 4.91. The van der Waals surface area contributed by atoms with Crippen molar-refractivity contribution in [2.45, 2.75) is 43.9 Å². The number of carbonyl (C=O) groups is 1. The van der Waals surface area contributed by atoms with Crippen molar-refractivity contribution in [2.75, 3.05) is 12.4 Å². The van der Waals surface area contributed by atoms with Gasteiger partial charge in [-0.15, -0.1) is 11.8 Å². The molecule has 0 saturated heterocycles. The van der Waals surface area contributed by atoms with Gasteiger partial charge in [0.15, 0.2) is 0 Å². The van der Waals surface area contributed by atoms with Gasteiger partial charge < -0.3 is 14.8 Å². The lowest BCUT2D eigenvalue weighted by Gasteiger charge is -2.15. The molecule has 1 atom stereocenters. The second kappa shape index (κ2) is 8.81. The van der Waals surface area contributed by atoms with Gasteiger partial charge in [0, 0.05) is 10.6 Å². The summed E-state index contributed by atoms with van der Waals surface area (Å²) in [6, 6.07) is 13.4. The lowest BCUT2D eigenvalue weighted by molar-refractivity contribution is -0.115. The van der Waals surface area contributed by atoms with E-state index in [-0.39, 0.29) is 17.3 Å². The second-order valence-electron chi connectivity index (χ2n) is 6.07. The zero-order valence-corrected chi connectivity index (χ0v) is 16.1. The molecular formula is C20H25NO3S. The maximum atomic E-state index is 12.5. The van der Waals surface area contributed by atoms with Crippen LogP contribution >= 0.6 is 11.8 Å². The van der Waals surface area contributed by atoms with Gasteiger partial charge in [-0.2, -0.15) is 0 Å². The molecule has 0 aromatic heterocycles. The normalized spacial score (nSPS) is 11.9. The molecule has 0 aliphatic heterocycles. The Morgan fingerprint density at radius 2 is 1.68 bits per heavy atom. The minimum Gasteiger partial charge on any atom is -0.497 e. The molecule has 1 amide bonds. The molecule has 0 bridgehead atoms. The zero-order chi connectivity index (χ0) is 18.4. The molecule has 1 N–H and O–H groups in total. The van der Waals surface area contributed by atoms with Crippen LogP contribution in [0.15, 0.2) is 47.4 Å². The Balaban J connectivity index is 1.98. The Bertz CT molecular complexity index is 713. The standard InChI is InChI=1S/C20H25NO3S/c1-13(2)24-17-8-11-19(14(3)12-17)21-20(22)15(4)25-18-9-6-16(23-5)7-10-18/h6-13,15H,1-5H3,(H,21,22). The Morgan fingerprint density at radius 1 is 1.04 bits per heavy atom. The molecule has 2 rings (SSSR count). The average Bonchev–Trinajstić information content (AvgIpc) is 2.57. The van der Waals surface area contributed by atoms with Gasteiger partial charge in [-0.25, -0.2) is 0 Å². The Morgan fingerprint density at radius 3 is 2.24 bits per heavy atom. The van der Waals surface area contributed by atoms with Crippen molar-refractivity contribution in [2.24, 2.45) is 0 Å². The summed E-state index contributed by atoms with van der Waals surface area (Å²) in [5.41, 5.74) is 1.79. The van der Waals surface area contributed by atoms with Gasteiger partial charge in [0.2, 0.25) is 5.91 Å². The van der Waals surface area contributed by atoms with Crippen LogP contribution < -0.4 is 14.8 Å². The van der Waals surface area contributed by atoms with E-state index >= 15 is 0 Å². The van der Waals surface area contributed by atoms with E-state index in [1.165, 1.54) is 11.8 Å². The number of amides is 1. The van der Waals surface area contributed by atoms with Crippen LogP contribution in [-0.4, -0.2) is 24.4 Å². The fraction of sp³-hybridized carbons (Fsp3) is 0.350. The highest BCUT2D eigenvalue weighted by atomic mass is 32.2. The van der Waals surface area contributed by atoms with E-state index in [2.05, 4.69) is 5.32 Å². The van der Waals surface area contributed by atoms with E-state index in [4.69, 9.17) is 9.47 Å². The van der Waals surface area contributed by atoms with Crippen LogP contribution in [0.2, 0.25) is 0 Å². The summed E-state index contributed by atoms with van der Waals surface area (Å²) in [5.74, 6) is 1.59. The first kappa shape index (κ1) is 19.2. The SMILES string of the molecule is COc1ccc(SC(C)C(=O)Nc2ccc(OC(C)C)cc2C)cc1. The number of methoxy groups -OCH3 is 1. The molecular weight excluding hydrogens is 334 g/mol. The molecule has 0 heterocycles. The molecule has 2 aromatic rings. The number of carbonyl (C=O) groups excluding carboxylic acids is 1. The van der Waals surface area contributed by atoms with E-state index in [1.807, 2.05) is 70.2 Å². The van der Waals surface area contributed by atoms with Crippen molar-refractivity contribution < 1.29 is 14.3 Å². The smallest absolute Gasteiger partial charge is 0.237 e. The number of hydrogen-bond donors (Lipinski definition) is 1. The maximum absolute atomic E-state index is 12.5. The van der Waals surface area contributed by atoms with Crippen molar-refractivity contribution in [3.05, 3.63) is 48.0 Å². The third kappa shape index (κ3) is 5.71. The van der Waals surface area contributed by atoms with Gasteiger partial charge in [0.05, 0.1) is 18.5 Å². The number of aryl methyl sites for hydroxylation is 1. The van der Waals surface area contributed by atoms with Gasteiger partial charge in [-0.1, -0.05) is 0 Å². The van der Waals surface area contributed by atoms with Crippen molar-refractivity contribution >= 4 is 23.4 Å². The van der Waals surface area contributed by atoms with Crippen molar-refractivity contribution in [1.82, 2.24) is 0 Å². The van der Waals surface area contributed by atoms with Gasteiger partial charge in [0.1, 0.15) is 11.5 Å². The minimum atomic E-state index is -0.209. The topological polar surface area (TPSA) is 47.6 Å². The maximum Gasteiger partial charge on any atom is 0.237 e. The zero-order valence-electron chi connectivity index (χ0n) is 15.3. The molecule has 0 aliphatic rings. The molecule has 25 heavy (non-hydrogen) atoms. The molecule has 134 valence electrons. The molecule has 1 unspecified atom stereocenters. The van der Waals surface area contributed by atoms with E-state index < -0.39 is 0 Å². The van der Waals surface area contributed by atoms with Crippen LogP contribution in [0.5, 0.6) is 11.5 Å². The number of nitrogens with one attached hydrogen (secondary N) is 1. The highest BCUT2D eigenvalue weighted by molar-refractivity contribution is 8.00.